The van der Waals surface area contributed by atoms with E-state index in [1.807, 2.05) is 29.2 Å². The molecule has 1 N–H and O–H groups in total. The summed E-state index contributed by atoms with van der Waals surface area (Å²) >= 11 is 0. The number of hydrogen-bond acceptors (Lipinski definition) is 3. The van der Waals surface area contributed by atoms with Gasteiger partial charge in [-0.3, -0.25) is 4.79 Å². The fraction of sp³-hybridized carbons (Fsp3) is 0.562. The van der Waals surface area contributed by atoms with Gasteiger partial charge in [0.25, 0.3) is 0 Å². The number of amides is 1. The molecule has 0 saturated carbocycles. The smallest absolute Gasteiger partial charge is 0.224 e. The van der Waals surface area contributed by atoms with Crippen LogP contribution >= 0.6 is 0 Å². The van der Waals surface area contributed by atoms with Crippen molar-refractivity contribution in [3.8, 4) is 5.75 Å². The molecule has 1 amide bonds. The van der Waals surface area contributed by atoms with Gasteiger partial charge in [-0.2, -0.15) is 0 Å². The Morgan fingerprint density at radius 1 is 1.30 bits per heavy atom. The first-order valence-electron chi connectivity index (χ1n) is 7.34. The summed E-state index contributed by atoms with van der Waals surface area (Å²) in [5, 5.41) is 3.27. The topological polar surface area (TPSA) is 41.6 Å². The Balaban J connectivity index is 1.70. The number of piperidine rings is 1. The highest BCUT2D eigenvalue weighted by Gasteiger charge is 2.19. The minimum absolute atomic E-state index is 0.262. The van der Waals surface area contributed by atoms with Crippen molar-refractivity contribution in [1.82, 2.24) is 4.90 Å². The average molecular weight is 276 g/mol. The molecule has 2 rings (SSSR count). The molecule has 1 aliphatic rings. The number of ether oxygens (including phenoxy) is 1. The van der Waals surface area contributed by atoms with E-state index in [4.69, 9.17) is 4.74 Å². The van der Waals surface area contributed by atoms with Crippen LogP contribution in [0.1, 0.15) is 26.2 Å². The lowest BCUT2D eigenvalue weighted by Crippen LogP contribution is -2.38. The van der Waals surface area contributed by atoms with Gasteiger partial charge in [-0.05, 0) is 43.0 Å². The summed E-state index contributed by atoms with van der Waals surface area (Å²) in [6.07, 6.45) is 2.83. The molecule has 20 heavy (non-hydrogen) atoms. The molecule has 0 aromatic heterocycles. The highest BCUT2D eigenvalue weighted by Crippen LogP contribution is 2.17. The highest BCUT2D eigenvalue weighted by molar-refractivity contribution is 5.76. The molecular formula is C16H24N2O2. The molecule has 0 bridgehead atoms. The van der Waals surface area contributed by atoms with Crippen molar-refractivity contribution in [3.63, 3.8) is 0 Å². The van der Waals surface area contributed by atoms with Crippen LogP contribution < -0.4 is 10.1 Å². The van der Waals surface area contributed by atoms with Crippen molar-refractivity contribution in [2.45, 2.75) is 26.2 Å². The molecule has 0 radical (unpaired) electrons. The van der Waals surface area contributed by atoms with E-state index in [2.05, 4.69) is 12.2 Å². The zero-order valence-electron chi connectivity index (χ0n) is 12.4. The number of rotatable bonds is 5. The number of likely N-dealkylation sites (tertiary alicyclic amines) is 1. The summed E-state index contributed by atoms with van der Waals surface area (Å²) < 4.78 is 5.11. The maximum Gasteiger partial charge on any atom is 0.224 e. The molecule has 0 spiro atoms. The Kier molecular flexibility index (Phi) is 5.27. The summed E-state index contributed by atoms with van der Waals surface area (Å²) in [5.41, 5.74) is 1.02. The van der Waals surface area contributed by atoms with Crippen LogP contribution in [0.2, 0.25) is 0 Å². The van der Waals surface area contributed by atoms with Crippen molar-refractivity contribution in [1.29, 1.82) is 0 Å². The third-order valence-corrected chi connectivity index (χ3v) is 3.89. The second-order valence-corrected chi connectivity index (χ2v) is 5.47. The van der Waals surface area contributed by atoms with Crippen molar-refractivity contribution in [2.75, 3.05) is 32.1 Å². The number of anilines is 1. The van der Waals surface area contributed by atoms with Crippen LogP contribution in [0.3, 0.4) is 0 Å². The minimum atomic E-state index is 0.262. The predicted octanol–water partition coefficient (Wildman–Crippen LogP) is 2.76. The lowest BCUT2D eigenvalue weighted by atomic mass is 9.99. The van der Waals surface area contributed by atoms with E-state index in [-0.39, 0.29) is 5.91 Å². The van der Waals surface area contributed by atoms with E-state index < -0.39 is 0 Å². The summed E-state index contributed by atoms with van der Waals surface area (Å²) in [5.74, 6) is 1.86. The van der Waals surface area contributed by atoms with Gasteiger partial charge < -0.3 is 15.0 Å². The number of hydrogen-bond donors (Lipinski definition) is 1. The number of benzene rings is 1. The molecule has 1 fully saturated rings. The quantitative estimate of drug-likeness (QED) is 0.899. The third-order valence-electron chi connectivity index (χ3n) is 3.89. The molecule has 1 aromatic carbocycles. The monoisotopic (exact) mass is 276 g/mol. The number of methoxy groups -OCH3 is 1. The molecule has 4 nitrogen and oxygen atoms in total. The molecule has 1 aromatic rings. The van der Waals surface area contributed by atoms with E-state index >= 15 is 0 Å². The van der Waals surface area contributed by atoms with Gasteiger partial charge in [0.1, 0.15) is 5.75 Å². The van der Waals surface area contributed by atoms with Gasteiger partial charge in [0.15, 0.2) is 0 Å². The predicted molar refractivity (Wildman–Crippen MR) is 81.1 cm³/mol. The van der Waals surface area contributed by atoms with Gasteiger partial charge in [-0.1, -0.05) is 6.92 Å². The zero-order valence-corrected chi connectivity index (χ0v) is 12.4. The molecule has 4 heteroatoms. The van der Waals surface area contributed by atoms with Crippen LogP contribution in [-0.4, -0.2) is 37.6 Å². The van der Waals surface area contributed by atoms with Gasteiger partial charge in [0.05, 0.1) is 7.11 Å². The summed E-state index contributed by atoms with van der Waals surface area (Å²) in [6.45, 7) is 4.77. The normalized spacial score (nSPS) is 16.0. The Hall–Kier alpha value is -1.71. The standard InChI is InChI=1S/C16H24N2O2/c1-13-8-11-18(12-9-13)16(19)7-10-17-14-3-5-15(20-2)6-4-14/h3-6,13,17H,7-12H2,1-2H3. The average Bonchev–Trinajstić information content (AvgIpc) is 2.48. The molecular weight excluding hydrogens is 252 g/mol. The largest absolute Gasteiger partial charge is 0.497 e. The molecule has 0 unspecified atom stereocenters. The first-order chi connectivity index (χ1) is 9.69. The molecule has 1 heterocycles. The van der Waals surface area contributed by atoms with E-state index in [9.17, 15) is 4.79 Å². The van der Waals surface area contributed by atoms with E-state index in [1.54, 1.807) is 7.11 Å². The maximum atomic E-state index is 12.1. The Morgan fingerprint density at radius 3 is 2.55 bits per heavy atom. The van der Waals surface area contributed by atoms with Gasteiger partial charge in [0.2, 0.25) is 5.91 Å². The molecule has 0 aliphatic carbocycles. The fourth-order valence-electron chi connectivity index (χ4n) is 2.44. The highest BCUT2D eigenvalue weighted by atomic mass is 16.5. The third kappa shape index (κ3) is 4.15. The SMILES string of the molecule is COc1ccc(NCCC(=O)N2CCC(C)CC2)cc1. The van der Waals surface area contributed by atoms with Crippen LogP contribution in [0.5, 0.6) is 5.75 Å². The van der Waals surface area contributed by atoms with Crippen molar-refractivity contribution >= 4 is 11.6 Å². The second-order valence-electron chi connectivity index (χ2n) is 5.47. The van der Waals surface area contributed by atoms with Gasteiger partial charge in [-0.15, -0.1) is 0 Å². The lowest BCUT2D eigenvalue weighted by molar-refractivity contribution is -0.132. The van der Waals surface area contributed by atoms with Crippen LogP contribution in [0.4, 0.5) is 5.69 Å². The minimum Gasteiger partial charge on any atom is -0.497 e. The van der Waals surface area contributed by atoms with E-state index in [1.165, 1.54) is 0 Å². The molecule has 0 atom stereocenters. The summed E-state index contributed by atoms with van der Waals surface area (Å²) in [6, 6.07) is 7.75. The second kappa shape index (κ2) is 7.17. The zero-order chi connectivity index (χ0) is 14.4. The van der Waals surface area contributed by atoms with Crippen molar-refractivity contribution < 1.29 is 9.53 Å². The van der Waals surface area contributed by atoms with Crippen LogP contribution in [-0.2, 0) is 4.79 Å². The Bertz CT molecular complexity index is 423. The van der Waals surface area contributed by atoms with Gasteiger partial charge in [0, 0.05) is 31.7 Å². The van der Waals surface area contributed by atoms with Crippen LogP contribution in [0, 0.1) is 5.92 Å². The first-order valence-corrected chi connectivity index (χ1v) is 7.34. The molecule has 110 valence electrons. The first kappa shape index (κ1) is 14.7. The van der Waals surface area contributed by atoms with Gasteiger partial charge in [-0.25, -0.2) is 0 Å². The lowest BCUT2D eigenvalue weighted by Gasteiger charge is -2.30. The number of carbonyl (C=O) groups is 1. The van der Waals surface area contributed by atoms with Crippen LogP contribution in [0.25, 0.3) is 0 Å². The molecule has 1 saturated heterocycles. The summed E-state index contributed by atoms with van der Waals surface area (Å²) in [7, 11) is 1.65. The Morgan fingerprint density at radius 2 is 1.95 bits per heavy atom. The maximum absolute atomic E-state index is 12.1. The number of nitrogens with zero attached hydrogens (tertiary/aromatic N) is 1. The van der Waals surface area contributed by atoms with Crippen molar-refractivity contribution in [2.24, 2.45) is 5.92 Å². The van der Waals surface area contributed by atoms with Gasteiger partial charge >= 0.3 is 0 Å². The summed E-state index contributed by atoms with van der Waals surface area (Å²) in [4.78, 5) is 14.1. The van der Waals surface area contributed by atoms with Crippen LogP contribution in [0.15, 0.2) is 24.3 Å². The van der Waals surface area contributed by atoms with Crippen molar-refractivity contribution in [3.05, 3.63) is 24.3 Å². The number of nitrogens with one attached hydrogen (secondary N) is 1. The van der Waals surface area contributed by atoms with E-state index in [0.29, 0.717) is 13.0 Å². The molecule has 1 aliphatic heterocycles. The number of carbonyl (C=O) groups excluding carboxylic acids is 1. The Labute approximate surface area is 121 Å². The fourth-order valence-corrected chi connectivity index (χ4v) is 2.44. The van der Waals surface area contributed by atoms with E-state index in [0.717, 1.165) is 43.3 Å².